The molecule has 5 heteroatoms. The topological polar surface area (TPSA) is 75.4 Å². The molecule has 1 saturated heterocycles. The van der Waals surface area contributed by atoms with Gasteiger partial charge in [-0.1, -0.05) is 18.2 Å². The van der Waals surface area contributed by atoms with Crippen molar-refractivity contribution in [3.63, 3.8) is 0 Å². The minimum atomic E-state index is -0.293. The van der Waals surface area contributed by atoms with Gasteiger partial charge in [-0.15, -0.1) is 0 Å². The molecule has 0 aliphatic carbocycles. The zero-order valence-electron chi connectivity index (χ0n) is 12.0. The van der Waals surface area contributed by atoms with Crippen molar-refractivity contribution >= 4 is 17.5 Å². The highest BCUT2D eigenvalue weighted by molar-refractivity contribution is 5.87. The quantitative estimate of drug-likeness (QED) is 0.861. The van der Waals surface area contributed by atoms with Crippen molar-refractivity contribution < 1.29 is 9.59 Å². The van der Waals surface area contributed by atoms with Crippen molar-refractivity contribution in [3.8, 4) is 0 Å². The van der Waals surface area contributed by atoms with Gasteiger partial charge in [0.1, 0.15) is 0 Å². The van der Waals surface area contributed by atoms with Crippen LogP contribution in [0.2, 0.25) is 0 Å². The number of primary amides is 1. The molecule has 3 N–H and O–H groups in total. The van der Waals surface area contributed by atoms with Gasteiger partial charge in [0.15, 0.2) is 0 Å². The van der Waals surface area contributed by atoms with Crippen molar-refractivity contribution in [1.82, 2.24) is 4.90 Å². The molecular formula is C16H21N3O2. The molecule has 2 atom stereocenters. The highest BCUT2D eigenvalue weighted by Gasteiger charge is 2.33. The summed E-state index contributed by atoms with van der Waals surface area (Å²) < 4.78 is 0. The van der Waals surface area contributed by atoms with Crippen LogP contribution in [-0.2, 0) is 9.59 Å². The Morgan fingerprint density at radius 2 is 2.05 bits per heavy atom. The minimum Gasteiger partial charge on any atom is -0.385 e. The second-order valence-corrected chi connectivity index (χ2v) is 5.88. The molecule has 2 amide bonds. The third-order valence-corrected chi connectivity index (χ3v) is 4.52. The van der Waals surface area contributed by atoms with Crippen LogP contribution < -0.4 is 11.1 Å². The van der Waals surface area contributed by atoms with Gasteiger partial charge in [-0.2, -0.15) is 0 Å². The highest BCUT2D eigenvalue weighted by atomic mass is 16.2. The second-order valence-electron chi connectivity index (χ2n) is 5.88. The average molecular weight is 287 g/mol. The number of carbonyl (C=O) groups is 2. The standard InChI is InChI=1S/C16H21N3O2/c17-15(20)11-4-3-9-19(10-11)16(21)13-7-8-18-14-6-2-1-5-12(13)14/h1-2,5-6,11,13,18H,3-4,7-10H2,(H2,17,20). The summed E-state index contributed by atoms with van der Waals surface area (Å²) in [5.74, 6) is -0.457. The lowest BCUT2D eigenvalue weighted by molar-refractivity contribution is -0.136. The molecule has 0 aromatic heterocycles. The van der Waals surface area contributed by atoms with Gasteiger partial charge in [-0.05, 0) is 30.9 Å². The third-order valence-electron chi connectivity index (χ3n) is 4.52. The predicted molar refractivity (Wildman–Crippen MR) is 80.8 cm³/mol. The first-order valence-corrected chi connectivity index (χ1v) is 7.57. The molecule has 0 bridgehead atoms. The first-order valence-electron chi connectivity index (χ1n) is 7.57. The van der Waals surface area contributed by atoms with E-state index in [1.807, 2.05) is 29.2 Å². The molecule has 2 aliphatic rings. The number of hydrogen-bond acceptors (Lipinski definition) is 3. The molecule has 112 valence electrons. The zero-order valence-corrected chi connectivity index (χ0v) is 12.0. The first kappa shape index (κ1) is 13.9. The fourth-order valence-corrected chi connectivity index (χ4v) is 3.35. The van der Waals surface area contributed by atoms with Crippen molar-refractivity contribution in [2.75, 3.05) is 25.0 Å². The number of hydrogen-bond donors (Lipinski definition) is 2. The molecule has 1 fully saturated rings. The molecule has 0 radical (unpaired) electrons. The third kappa shape index (κ3) is 2.73. The van der Waals surface area contributed by atoms with Gasteiger partial charge >= 0.3 is 0 Å². The van der Waals surface area contributed by atoms with E-state index in [0.717, 1.165) is 43.6 Å². The van der Waals surface area contributed by atoms with Crippen molar-refractivity contribution in [1.29, 1.82) is 0 Å². The van der Waals surface area contributed by atoms with E-state index in [1.54, 1.807) is 0 Å². The van der Waals surface area contributed by atoms with Crippen LogP contribution in [0.25, 0.3) is 0 Å². The molecule has 1 aromatic carbocycles. The lowest BCUT2D eigenvalue weighted by Gasteiger charge is -2.35. The zero-order chi connectivity index (χ0) is 14.8. The summed E-state index contributed by atoms with van der Waals surface area (Å²) in [7, 11) is 0. The van der Waals surface area contributed by atoms with E-state index in [4.69, 9.17) is 5.73 Å². The van der Waals surface area contributed by atoms with Crippen LogP contribution in [0.5, 0.6) is 0 Å². The van der Waals surface area contributed by atoms with Gasteiger partial charge in [0.25, 0.3) is 0 Å². The monoisotopic (exact) mass is 287 g/mol. The fraction of sp³-hybridized carbons (Fsp3) is 0.500. The Morgan fingerprint density at radius 1 is 1.24 bits per heavy atom. The molecule has 2 unspecified atom stereocenters. The van der Waals surface area contributed by atoms with E-state index in [9.17, 15) is 9.59 Å². The van der Waals surface area contributed by atoms with Gasteiger partial charge in [-0.25, -0.2) is 0 Å². The number of nitrogens with two attached hydrogens (primary N) is 1. The molecular weight excluding hydrogens is 266 g/mol. The minimum absolute atomic E-state index is 0.103. The van der Waals surface area contributed by atoms with E-state index in [2.05, 4.69) is 5.32 Å². The van der Waals surface area contributed by atoms with E-state index in [-0.39, 0.29) is 23.7 Å². The highest BCUT2D eigenvalue weighted by Crippen LogP contribution is 2.33. The number of amides is 2. The molecule has 21 heavy (non-hydrogen) atoms. The summed E-state index contributed by atoms with van der Waals surface area (Å²) in [4.78, 5) is 26.0. The van der Waals surface area contributed by atoms with Gasteiger partial charge in [0, 0.05) is 25.3 Å². The molecule has 1 aromatic rings. The number of anilines is 1. The molecule has 3 rings (SSSR count). The number of piperidine rings is 1. The maximum Gasteiger partial charge on any atom is 0.230 e. The Bertz CT molecular complexity index is 558. The lowest BCUT2D eigenvalue weighted by atomic mass is 9.88. The Balaban J connectivity index is 1.78. The average Bonchev–Trinajstić information content (AvgIpc) is 2.53. The number of nitrogens with zero attached hydrogens (tertiary/aromatic N) is 1. The van der Waals surface area contributed by atoms with E-state index in [1.165, 1.54) is 0 Å². The number of rotatable bonds is 2. The molecule has 5 nitrogen and oxygen atoms in total. The smallest absolute Gasteiger partial charge is 0.230 e. The number of fused-ring (bicyclic) bond motifs is 1. The van der Waals surface area contributed by atoms with Crippen molar-refractivity contribution in [3.05, 3.63) is 29.8 Å². The number of carbonyl (C=O) groups excluding carboxylic acids is 2. The largest absolute Gasteiger partial charge is 0.385 e. The summed E-state index contributed by atoms with van der Waals surface area (Å²) >= 11 is 0. The van der Waals surface area contributed by atoms with Crippen molar-refractivity contribution in [2.45, 2.75) is 25.2 Å². The number of nitrogens with one attached hydrogen (secondary N) is 1. The fourth-order valence-electron chi connectivity index (χ4n) is 3.35. The van der Waals surface area contributed by atoms with Gasteiger partial charge in [-0.3, -0.25) is 9.59 Å². The second kappa shape index (κ2) is 5.76. The van der Waals surface area contributed by atoms with Crippen LogP contribution in [-0.4, -0.2) is 36.3 Å². The Morgan fingerprint density at radius 3 is 2.86 bits per heavy atom. The Hall–Kier alpha value is -2.04. The molecule has 2 heterocycles. The van der Waals surface area contributed by atoms with E-state index < -0.39 is 0 Å². The summed E-state index contributed by atoms with van der Waals surface area (Å²) in [6.07, 6.45) is 2.45. The van der Waals surface area contributed by atoms with Crippen LogP contribution >= 0.6 is 0 Å². The van der Waals surface area contributed by atoms with Gasteiger partial charge in [0.05, 0.1) is 11.8 Å². The van der Waals surface area contributed by atoms with E-state index in [0.29, 0.717) is 6.54 Å². The first-order chi connectivity index (χ1) is 10.2. The maximum absolute atomic E-state index is 12.8. The summed E-state index contributed by atoms with van der Waals surface area (Å²) in [6.45, 7) is 2.01. The van der Waals surface area contributed by atoms with Crippen LogP contribution in [0, 0.1) is 5.92 Å². The predicted octanol–water partition coefficient (Wildman–Crippen LogP) is 1.31. The van der Waals surface area contributed by atoms with Crippen LogP contribution in [0.4, 0.5) is 5.69 Å². The molecule has 2 aliphatic heterocycles. The van der Waals surface area contributed by atoms with Gasteiger partial charge in [0.2, 0.25) is 11.8 Å². The van der Waals surface area contributed by atoms with Crippen LogP contribution in [0.15, 0.2) is 24.3 Å². The SMILES string of the molecule is NC(=O)C1CCCN(C(=O)C2CCNc3ccccc32)C1. The van der Waals surface area contributed by atoms with Crippen LogP contribution in [0.1, 0.15) is 30.7 Å². The molecule has 0 spiro atoms. The number of likely N-dealkylation sites (tertiary alicyclic amines) is 1. The number of para-hydroxylation sites is 1. The Kier molecular flexibility index (Phi) is 3.82. The van der Waals surface area contributed by atoms with Crippen LogP contribution in [0.3, 0.4) is 0 Å². The van der Waals surface area contributed by atoms with Crippen molar-refractivity contribution in [2.24, 2.45) is 11.7 Å². The Labute approximate surface area is 124 Å². The summed E-state index contributed by atoms with van der Waals surface area (Å²) in [6, 6.07) is 7.97. The lowest BCUT2D eigenvalue weighted by Crippen LogP contribution is -2.46. The summed E-state index contributed by atoms with van der Waals surface area (Å²) in [5, 5.41) is 3.33. The van der Waals surface area contributed by atoms with E-state index >= 15 is 0 Å². The van der Waals surface area contributed by atoms with Gasteiger partial charge < -0.3 is 16.0 Å². The number of benzene rings is 1. The summed E-state index contributed by atoms with van der Waals surface area (Å²) in [5.41, 5.74) is 7.51. The maximum atomic E-state index is 12.8. The normalized spacial score (nSPS) is 24.9. The molecule has 0 saturated carbocycles.